The van der Waals surface area contributed by atoms with Gasteiger partial charge in [-0.2, -0.15) is 26.7 Å². The fraction of sp³-hybridized carbons (Fsp3) is 0.167. The summed E-state index contributed by atoms with van der Waals surface area (Å²) in [6.45, 7) is 0. The van der Waals surface area contributed by atoms with Crippen LogP contribution in [0.5, 0.6) is 5.75 Å². The fourth-order valence-electron chi connectivity index (χ4n) is 0.766. The van der Waals surface area contributed by atoms with Crippen LogP contribution in [0.3, 0.4) is 0 Å². The smallest absolute Gasteiger partial charge is 0.368 e. The first-order valence-corrected chi connectivity index (χ1v) is 5.39. The van der Waals surface area contributed by atoms with E-state index in [9.17, 15) is 21.6 Å². The molecule has 1 aromatic heterocycles. The molecule has 0 aliphatic carbocycles. The molecule has 0 aromatic carbocycles. The van der Waals surface area contributed by atoms with E-state index in [0.717, 1.165) is 0 Å². The molecule has 0 fully saturated rings. The molecule has 90 valence electrons. The lowest BCUT2D eigenvalue weighted by molar-refractivity contribution is -0.137. The topological polar surface area (TPSA) is 82.3 Å². The van der Waals surface area contributed by atoms with Gasteiger partial charge in [-0.25, -0.2) is 4.98 Å². The zero-order chi connectivity index (χ0) is 12.6. The van der Waals surface area contributed by atoms with E-state index in [1.807, 2.05) is 0 Å². The lowest BCUT2D eigenvalue weighted by Gasteiger charge is -2.09. The third-order valence-corrected chi connectivity index (χ3v) is 2.04. The van der Waals surface area contributed by atoms with Gasteiger partial charge in [-0.15, -0.1) is 0 Å². The Balaban J connectivity index is 3.20. The summed E-state index contributed by atoms with van der Waals surface area (Å²) in [7, 11) is -4.45. The highest BCUT2D eigenvalue weighted by Crippen LogP contribution is 2.33. The number of pyridine rings is 1. The Hall–Kier alpha value is -1.06. The predicted octanol–water partition coefficient (Wildman–Crippen LogP) is 1.34. The van der Waals surface area contributed by atoms with Crippen molar-refractivity contribution in [3.05, 3.63) is 23.0 Å². The van der Waals surface area contributed by atoms with E-state index in [-0.39, 0.29) is 0 Å². The molecular formula is C6H4ClF3N2O3S. The predicted molar refractivity (Wildman–Crippen MR) is 48.0 cm³/mol. The van der Waals surface area contributed by atoms with Crippen molar-refractivity contribution < 1.29 is 25.8 Å². The third kappa shape index (κ3) is 3.51. The Morgan fingerprint density at radius 3 is 2.44 bits per heavy atom. The molecule has 10 heteroatoms. The molecule has 5 nitrogen and oxygen atoms in total. The molecule has 0 amide bonds. The van der Waals surface area contributed by atoms with Crippen molar-refractivity contribution in [1.82, 2.24) is 4.98 Å². The Labute approximate surface area is 93.2 Å². The molecule has 1 heterocycles. The zero-order valence-electron chi connectivity index (χ0n) is 7.32. The highest BCUT2D eigenvalue weighted by atomic mass is 35.5. The first-order valence-electron chi connectivity index (χ1n) is 3.54. The van der Waals surface area contributed by atoms with Gasteiger partial charge in [0.15, 0.2) is 10.9 Å². The summed E-state index contributed by atoms with van der Waals surface area (Å²) in [5, 5.41) is 3.94. The second kappa shape index (κ2) is 4.07. The van der Waals surface area contributed by atoms with Crippen molar-refractivity contribution in [2.75, 3.05) is 0 Å². The molecule has 16 heavy (non-hydrogen) atoms. The summed E-state index contributed by atoms with van der Waals surface area (Å²) in [4.78, 5) is 3.13. The van der Waals surface area contributed by atoms with Crippen LogP contribution in [0.15, 0.2) is 12.3 Å². The summed E-state index contributed by atoms with van der Waals surface area (Å²) in [5.74, 6) is -0.779. The molecule has 0 spiro atoms. The van der Waals surface area contributed by atoms with E-state index >= 15 is 0 Å². The van der Waals surface area contributed by atoms with Crippen LogP contribution in [0.1, 0.15) is 5.56 Å². The number of alkyl halides is 3. The molecule has 0 unspecified atom stereocenters. The van der Waals surface area contributed by atoms with E-state index in [1.165, 1.54) is 0 Å². The molecular weight excluding hydrogens is 273 g/mol. The minimum atomic E-state index is -4.69. The van der Waals surface area contributed by atoms with Crippen LogP contribution >= 0.6 is 11.6 Å². The molecule has 0 radical (unpaired) electrons. The molecule has 0 saturated carbocycles. The van der Waals surface area contributed by atoms with Crippen molar-refractivity contribution in [2.45, 2.75) is 6.18 Å². The van der Waals surface area contributed by atoms with E-state index < -0.39 is 32.9 Å². The van der Waals surface area contributed by atoms with E-state index in [0.29, 0.717) is 12.3 Å². The number of halogens is 4. The van der Waals surface area contributed by atoms with E-state index in [1.54, 1.807) is 0 Å². The first kappa shape index (κ1) is 13.0. The van der Waals surface area contributed by atoms with Crippen LogP contribution in [-0.4, -0.2) is 13.4 Å². The number of hydrogen-bond donors (Lipinski definition) is 1. The van der Waals surface area contributed by atoms with Crippen LogP contribution in [0.2, 0.25) is 5.15 Å². The van der Waals surface area contributed by atoms with Gasteiger partial charge < -0.3 is 4.18 Å². The number of hydrogen-bond acceptors (Lipinski definition) is 4. The van der Waals surface area contributed by atoms with E-state index in [4.69, 9.17) is 11.6 Å². The highest BCUT2D eigenvalue weighted by molar-refractivity contribution is 7.84. The Kier molecular flexibility index (Phi) is 3.31. The standard InChI is InChI=1S/C6H4ClF3N2O3S/c7-5-4(15-16(11,13)14)1-3(2-12-5)6(8,9)10/h1-2H,(H2,11,13,14). The molecule has 0 aliphatic rings. The van der Waals surface area contributed by atoms with Crippen molar-refractivity contribution in [3.8, 4) is 5.75 Å². The minimum Gasteiger partial charge on any atom is -0.368 e. The fourth-order valence-corrected chi connectivity index (χ4v) is 1.33. The first-order chi connectivity index (χ1) is 7.09. The normalized spacial score (nSPS) is 12.6. The molecule has 0 bridgehead atoms. The molecule has 2 N–H and O–H groups in total. The number of rotatable bonds is 2. The van der Waals surface area contributed by atoms with Gasteiger partial charge in [0.25, 0.3) is 0 Å². The Bertz CT molecular complexity index is 502. The van der Waals surface area contributed by atoms with Crippen molar-refractivity contribution in [1.29, 1.82) is 0 Å². The SMILES string of the molecule is NS(=O)(=O)Oc1cc(C(F)(F)F)cnc1Cl. The summed E-state index contributed by atoms with van der Waals surface area (Å²) in [5.41, 5.74) is -1.20. The maximum atomic E-state index is 12.2. The second-order valence-corrected chi connectivity index (χ2v) is 4.10. The highest BCUT2D eigenvalue weighted by Gasteiger charge is 2.32. The number of nitrogens with zero attached hydrogens (tertiary/aromatic N) is 1. The molecule has 0 aliphatic heterocycles. The third-order valence-electron chi connectivity index (χ3n) is 1.34. The van der Waals surface area contributed by atoms with Gasteiger partial charge in [-0.3, -0.25) is 0 Å². The minimum absolute atomic E-state index is 0.389. The summed E-state index contributed by atoms with van der Waals surface area (Å²) in [6.07, 6.45) is -4.24. The number of nitrogens with two attached hydrogens (primary N) is 1. The Morgan fingerprint density at radius 2 is 2.00 bits per heavy atom. The van der Waals surface area contributed by atoms with Gasteiger partial charge in [0.05, 0.1) is 5.56 Å². The van der Waals surface area contributed by atoms with Gasteiger partial charge in [0, 0.05) is 6.20 Å². The van der Waals surface area contributed by atoms with Crippen LogP contribution in [0.4, 0.5) is 13.2 Å². The van der Waals surface area contributed by atoms with Gasteiger partial charge >= 0.3 is 16.5 Å². The quantitative estimate of drug-likeness (QED) is 0.826. The molecule has 1 rings (SSSR count). The maximum absolute atomic E-state index is 12.2. The van der Waals surface area contributed by atoms with E-state index in [2.05, 4.69) is 14.3 Å². The van der Waals surface area contributed by atoms with Gasteiger partial charge in [-0.05, 0) is 6.07 Å². The van der Waals surface area contributed by atoms with Gasteiger partial charge in [0.2, 0.25) is 0 Å². The van der Waals surface area contributed by atoms with Crippen LogP contribution in [0.25, 0.3) is 0 Å². The van der Waals surface area contributed by atoms with Crippen molar-refractivity contribution >= 4 is 21.9 Å². The summed E-state index contributed by atoms with van der Waals surface area (Å²) in [6, 6.07) is 0.389. The van der Waals surface area contributed by atoms with Crippen LogP contribution in [0, 0.1) is 0 Å². The molecule has 0 saturated heterocycles. The Morgan fingerprint density at radius 1 is 1.44 bits per heavy atom. The number of aromatic nitrogens is 1. The summed E-state index contributed by atoms with van der Waals surface area (Å²) >= 11 is 5.33. The second-order valence-electron chi connectivity index (χ2n) is 2.59. The van der Waals surface area contributed by atoms with Crippen molar-refractivity contribution in [3.63, 3.8) is 0 Å². The lowest BCUT2D eigenvalue weighted by atomic mass is 10.3. The summed E-state index contributed by atoms with van der Waals surface area (Å²) < 4.78 is 61.7. The van der Waals surface area contributed by atoms with Gasteiger partial charge in [0.1, 0.15) is 0 Å². The van der Waals surface area contributed by atoms with Gasteiger partial charge in [-0.1, -0.05) is 11.6 Å². The van der Waals surface area contributed by atoms with Crippen LogP contribution in [-0.2, 0) is 16.5 Å². The molecule has 0 atom stereocenters. The largest absolute Gasteiger partial charge is 0.418 e. The maximum Gasteiger partial charge on any atom is 0.418 e. The van der Waals surface area contributed by atoms with Crippen molar-refractivity contribution in [2.24, 2.45) is 5.14 Å². The average molecular weight is 277 g/mol. The van der Waals surface area contributed by atoms with Crippen LogP contribution < -0.4 is 9.32 Å². The molecule has 1 aromatic rings. The zero-order valence-corrected chi connectivity index (χ0v) is 8.90. The average Bonchev–Trinajstić information content (AvgIpc) is 2.04. The lowest BCUT2D eigenvalue weighted by Crippen LogP contribution is -2.19. The monoisotopic (exact) mass is 276 g/mol.